The minimum Gasteiger partial charge on any atom is -0.391 e. The monoisotopic (exact) mass is 412 g/mol. The van der Waals surface area contributed by atoms with Gasteiger partial charge in [0.15, 0.2) is 0 Å². The maximum Gasteiger partial charge on any atom is 0.220 e. The van der Waals surface area contributed by atoms with Gasteiger partial charge in [-0.3, -0.25) is 4.79 Å². The van der Waals surface area contributed by atoms with Crippen LogP contribution in [0.4, 0.5) is 0 Å². The molecule has 0 atom stereocenters. The molecule has 27 heavy (non-hydrogen) atoms. The van der Waals surface area contributed by atoms with Crippen LogP contribution >= 0.6 is 23.2 Å². The minimum atomic E-state index is 0.137. The van der Waals surface area contributed by atoms with Crippen molar-refractivity contribution in [2.24, 2.45) is 5.16 Å². The van der Waals surface area contributed by atoms with Crippen molar-refractivity contribution in [2.75, 3.05) is 6.54 Å². The van der Waals surface area contributed by atoms with E-state index in [0.717, 1.165) is 43.4 Å². The van der Waals surface area contributed by atoms with Crippen LogP contribution in [0.3, 0.4) is 0 Å². The fraction of sp³-hybridized carbons (Fsp3) is 0.619. The lowest BCUT2D eigenvalue weighted by Gasteiger charge is -2.09. The predicted molar refractivity (Wildman–Crippen MR) is 112 cm³/mol. The third kappa shape index (κ3) is 9.48. The first-order valence-electron chi connectivity index (χ1n) is 10.0. The van der Waals surface area contributed by atoms with Gasteiger partial charge in [0.2, 0.25) is 5.91 Å². The quantitative estimate of drug-likeness (QED) is 0.593. The molecule has 1 N–H and O–H groups in total. The number of oxime groups is 1. The van der Waals surface area contributed by atoms with Crippen LogP contribution in [0.5, 0.6) is 0 Å². The molecule has 1 aromatic carbocycles. The van der Waals surface area contributed by atoms with Gasteiger partial charge in [-0.2, -0.15) is 0 Å². The molecular weight excluding hydrogens is 383 g/mol. The lowest BCUT2D eigenvalue weighted by molar-refractivity contribution is -0.121. The molecule has 0 bridgehead atoms. The fourth-order valence-corrected chi connectivity index (χ4v) is 3.62. The molecule has 6 heteroatoms. The largest absolute Gasteiger partial charge is 0.391 e. The Morgan fingerprint density at radius 1 is 0.926 bits per heavy atom. The first-order valence-corrected chi connectivity index (χ1v) is 10.8. The summed E-state index contributed by atoms with van der Waals surface area (Å²) in [4.78, 5) is 17.4. The van der Waals surface area contributed by atoms with E-state index in [0.29, 0.717) is 29.6 Å². The average molecular weight is 413 g/mol. The molecule has 0 unspecified atom stereocenters. The minimum absolute atomic E-state index is 0.137. The van der Waals surface area contributed by atoms with Crippen LogP contribution in [-0.4, -0.2) is 18.2 Å². The van der Waals surface area contributed by atoms with Gasteiger partial charge in [0.1, 0.15) is 6.61 Å². The number of rotatable bonds is 3. The smallest absolute Gasteiger partial charge is 0.220 e. The Labute approximate surface area is 172 Å². The molecule has 1 saturated heterocycles. The number of amides is 1. The Balaban J connectivity index is 1.87. The van der Waals surface area contributed by atoms with Gasteiger partial charge < -0.3 is 10.2 Å². The van der Waals surface area contributed by atoms with Gasteiger partial charge >= 0.3 is 0 Å². The summed E-state index contributed by atoms with van der Waals surface area (Å²) in [6, 6.07) is 5.34. The van der Waals surface area contributed by atoms with Crippen LogP contribution in [0.1, 0.15) is 76.2 Å². The van der Waals surface area contributed by atoms with Gasteiger partial charge in [-0.15, -0.1) is 0 Å². The van der Waals surface area contributed by atoms with Crippen molar-refractivity contribution in [3.8, 4) is 0 Å². The summed E-state index contributed by atoms with van der Waals surface area (Å²) in [5.41, 5.74) is 1.85. The van der Waals surface area contributed by atoms with Crippen molar-refractivity contribution in [1.82, 2.24) is 5.32 Å². The van der Waals surface area contributed by atoms with Gasteiger partial charge in [-0.05, 0) is 31.4 Å². The SMILES string of the molecule is O=C1CCCCCCCCCC/C(=N/OCc2ccc(Cl)cc2Cl)CCN1. The Morgan fingerprint density at radius 2 is 1.59 bits per heavy atom. The van der Waals surface area contributed by atoms with E-state index < -0.39 is 0 Å². The predicted octanol–water partition coefficient (Wildman–Crippen LogP) is 6.29. The summed E-state index contributed by atoms with van der Waals surface area (Å²) in [5, 5.41) is 8.51. The number of nitrogens with one attached hydrogen (secondary N) is 1. The van der Waals surface area contributed by atoms with Crippen molar-refractivity contribution in [3.63, 3.8) is 0 Å². The molecule has 0 saturated carbocycles. The van der Waals surface area contributed by atoms with Crippen molar-refractivity contribution in [1.29, 1.82) is 0 Å². The number of benzene rings is 1. The highest BCUT2D eigenvalue weighted by atomic mass is 35.5. The van der Waals surface area contributed by atoms with Crippen LogP contribution in [0.2, 0.25) is 10.0 Å². The van der Waals surface area contributed by atoms with Crippen LogP contribution in [0, 0.1) is 0 Å². The molecule has 0 aromatic heterocycles. The van der Waals surface area contributed by atoms with E-state index in [1.54, 1.807) is 12.1 Å². The second kappa shape index (κ2) is 13.0. The van der Waals surface area contributed by atoms with Crippen LogP contribution in [-0.2, 0) is 16.2 Å². The first-order chi connectivity index (χ1) is 13.1. The Kier molecular flexibility index (Phi) is 10.6. The molecule has 150 valence electrons. The van der Waals surface area contributed by atoms with Gasteiger partial charge in [0.25, 0.3) is 0 Å². The van der Waals surface area contributed by atoms with E-state index in [9.17, 15) is 4.79 Å². The maximum absolute atomic E-state index is 11.9. The standard InChI is InChI=1S/C21H30Cl2N2O2/c22-18-12-11-17(20(23)15-18)16-27-25-19-9-7-5-3-1-2-4-6-8-10-21(26)24-14-13-19/h11-12,15H,1-10,13-14,16H2,(H,24,26)/b25-19-. The number of hydrogen-bond acceptors (Lipinski definition) is 3. The van der Waals surface area contributed by atoms with Gasteiger partial charge in [-0.25, -0.2) is 0 Å². The molecule has 0 radical (unpaired) electrons. The van der Waals surface area contributed by atoms with E-state index in [-0.39, 0.29) is 5.91 Å². The molecule has 1 heterocycles. The van der Waals surface area contributed by atoms with Crippen molar-refractivity contribution >= 4 is 34.8 Å². The van der Waals surface area contributed by atoms with Crippen molar-refractivity contribution < 1.29 is 9.63 Å². The molecule has 1 fully saturated rings. The summed E-state index contributed by atoms with van der Waals surface area (Å²) < 4.78 is 0. The van der Waals surface area contributed by atoms with Crippen LogP contribution < -0.4 is 5.32 Å². The lowest BCUT2D eigenvalue weighted by Crippen LogP contribution is -2.25. The second-order valence-corrected chi connectivity index (χ2v) is 7.94. The highest BCUT2D eigenvalue weighted by Crippen LogP contribution is 2.21. The van der Waals surface area contributed by atoms with Gasteiger partial charge in [0, 0.05) is 35.0 Å². The molecule has 1 aliphatic heterocycles. The van der Waals surface area contributed by atoms with Crippen molar-refractivity contribution in [2.45, 2.75) is 77.2 Å². The normalized spacial score (nSPS) is 19.8. The van der Waals surface area contributed by atoms with E-state index >= 15 is 0 Å². The van der Waals surface area contributed by atoms with E-state index in [1.807, 2.05) is 6.07 Å². The van der Waals surface area contributed by atoms with E-state index in [4.69, 9.17) is 28.0 Å². The van der Waals surface area contributed by atoms with E-state index in [1.165, 1.54) is 32.1 Å². The zero-order valence-corrected chi connectivity index (χ0v) is 17.5. The number of carbonyl (C=O) groups is 1. The van der Waals surface area contributed by atoms with Crippen LogP contribution in [0.25, 0.3) is 0 Å². The molecule has 2 rings (SSSR count). The first kappa shape index (κ1) is 22.0. The highest BCUT2D eigenvalue weighted by molar-refractivity contribution is 6.35. The van der Waals surface area contributed by atoms with Gasteiger partial charge in [-0.1, -0.05) is 72.9 Å². The highest BCUT2D eigenvalue weighted by Gasteiger charge is 2.07. The zero-order valence-electron chi connectivity index (χ0n) is 15.9. The fourth-order valence-electron chi connectivity index (χ4n) is 3.16. The Morgan fingerprint density at radius 3 is 2.30 bits per heavy atom. The molecule has 1 aromatic rings. The molecule has 4 nitrogen and oxygen atoms in total. The molecule has 1 amide bonds. The number of halogens is 2. The summed E-state index contributed by atoms with van der Waals surface area (Å²) >= 11 is 12.1. The third-order valence-corrected chi connectivity index (χ3v) is 5.37. The second-order valence-electron chi connectivity index (χ2n) is 7.10. The average Bonchev–Trinajstić information content (AvgIpc) is 2.64. The summed E-state index contributed by atoms with van der Waals surface area (Å²) in [6.07, 6.45) is 11.8. The Hall–Kier alpha value is -1.26. The third-order valence-electron chi connectivity index (χ3n) is 4.78. The summed E-state index contributed by atoms with van der Waals surface area (Å²) in [5.74, 6) is 0.137. The van der Waals surface area contributed by atoms with E-state index in [2.05, 4.69) is 10.5 Å². The maximum atomic E-state index is 11.9. The molecule has 1 aliphatic rings. The summed E-state index contributed by atoms with van der Waals surface area (Å²) in [7, 11) is 0. The topological polar surface area (TPSA) is 50.7 Å². The Bertz CT molecular complexity index is 620. The van der Waals surface area contributed by atoms with Gasteiger partial charge in [0.05, 0.1) is 5.71 Å². The number of nitrogens with zero attached hydrogens (tertiary/aromatic N) is 1. The van der Waals surface area contributed by atoms with Crippen molar-refractivity contribution in [3.05, 3.63) is 33.8 Å². The number of hydrogen-bond donors (Lipinski definition) is 1. The zero-order chi connectivity index (χ0) is 19.3. The number of carbonyl (C=O) groups excluding carboxylic acids is 1. The van der Waals surface area contributed by atoms with Crippen LogP contribution in [0.15, 0.2) is 23.4 Å². The lowest BCUT2D eigenvalue weighted by atomic mass is 10.0. The summed E-state index contributed by atoms with van der Waals surface area (Å²) in [6.45, 7) is 0.925. The molecule has 0 aliphatic carbocycles. The molecule has 0 spiro atoms. The molecular formula is C21H30Cl2N2O2.